The number of carbonyl (C=O) groups excluding carboxylic acids is 1. The van der Waals surface area contributed by atoms with Crippen LogP contribution in [-0.4, -0.2) is 35.6 Å². The van der Waals surface area contributed by atoms with Crippen LogP contribution in [0.1, 0.15) is 5.82 Å². The summed E-state index contributed by atoms with van der Waals surface area (Å²) in [5.41, 5.74) is 4.89. The number of carbonyl (C=O) groups is 1. The van der Waals surface area contributed by atoms with Gasteiger partial charge in [0.05, 0.1) is 13.2 Å². The van der Waals surface area contributed by atoms with Gasteiger partial charge in [-0.1, -0.05) is 0 Å². The van der Waals surface area contributed by atoms with Crippen molar-refractivity contribution in [3.8, 4) is 0 Å². The van der Waals surface area contributed by atoms with Gasteiger partial charge in [-0.25, -0.2) is 9.97 Å². The molecular weight excluding hydrogens is 196 g/mol. The highest BCUT2D eigenvalue weighted by molar-refractivity contribution is 5.74. The molecule has 0 bridgehead atoms. The first kappa shape index (κ1) is 11.5. The molecule has 1 aromatic rings. The first-order valence-electron chi connectivity index (χ1n) is 4.61. The highest BCUT2D eigenvalue weighted by Crippen LogP contribution is 1.85. The molecule has 82 valence electrons. The number of aromatic nitrogens is 2. The van der Waals surface area contributed by atoms with Crippen LogP contribution in [0.25, 0.3) is 0 Å². The number of primary amides is 1. The Morgan fingerprint density at radius 1 is 1.47 bits per heavy atom. The summed E-state index contributed by atoms with van der Waals surface area (Å²) >= 11 is 0. The summed E-state index contributed by atoms with van der Waals surface area (Å²) < 4.78 is 4.96. The molecule has 0 unspecified atom stereocenters. The van der Waals surface area contributed by atoms with Gasteiger partial charge < -0.3 is 15.8 Å². The number of amides is 1. The van der Waals surface area contributed by atoms with E-state index in [1.54, 1.807) is 18.5 Å². The SMILES string of the molecule is NC(=O)COCCNCc1ncccn1. The smallest absolute Gasteiger partial charge is 0.243 e. The molecule has 0 saturated carbocycles. The van der Waals surface area contributed by atoms with Crippen molar-refractivity contribution < 1.29 is 9.53 Å². The third kappa shape index (κ3) is 5.71. The van der Waals surface area contributed by atoms with E-state index in [2.05, 4.69) is 15.3 Å². The van der Waals surface area contributed by atoms with Crippen molar-refractivity contribution in [1.29, 1.82) is 0 Å². The van der Waals surface area contributed by atoms with E-state index in [0.29, 0.717) is 19.7 Å². The molecule has 0 aromatic carbocycles. The van der Waals surface area contributed by atoms with Crippen molar-refractivity contribution in [2.45, 2.75) is 6.54 Å². The van der Waals surface area contributed by atoms with Gasteiger partial charge in [0.1, 0.15) is 12.4 Å². The lowest BCUT2D eigenvalue weighted by Gasteiger charge is -2.03. The molecule has 15 heavy (non-hydrogen) atoms. The monoisotopic (exact) mass is 210 g/mol. The maximum absolute atomic E-state index is 10.3. The minimum absolute atomic E-state index is 0.0382. The van der Waals surface area contributed by atoms with Gasteiger partial charge in [-0.05, 0) is 6.07 Å². The van der Waals surface area contributed by atoms with Gasteiger partial charge in [-0.15, -0.1) is 0 Å². The fourth-order valence-electron chi connectivity index (χ4n) is 0.939. The Morgan fingerprint density at radius 2 is 2.20 bits per heavy atom. The van der Waals surface area contributed by atoms with Crippen LogP contribution in [-0.2, 0) is 16.1 Å². The Kier molecular flexibility index (Phi) is 5.28. The van der Waals surface area contributed by atoms with Crippen molar-refractivity contribution in [2.24, 2.45) is 5.73 Å². The lowest BCUT2D eigenvalue weighted by molar-refractivity contribution is -0.122. The van der Waals surface area contributed by atoms with Crippen LogP contribution in [0.5, 0.6) is 0 Å². The molecule has 1 heterocycles. The van der Waals surface area contributed by atoms with E-state index in [4.69, 9.17) is 10.5 Å². The normalized spacial score (nSPS) is 10.1. The van der Waals surface area contributed by atoms with E-state index in [9.17, 15) is 4.79 Å². The van der Waals surface area contributed by atoms with E-state index < -0.39 is 5.91 Å². The average molecular weight is 210 g/mol. The molecule has 0 saturated heterocycles. The highest BCUT2D eigenvalue weighted by Gasteiger charge is 1.95. The minimum atomic E-state index is -0.457. The summed E-state index contributed by atoms with van der Waals surface area (Å²) in [6, 6.07) is 1.76. The molecule has 1 rings (SSSR count). The summed E-state index contributed by atoms with van der Waals surface area (Å²) in [5.74, 6) is 0.272. The second kappa shape index (κ2) is 6.86. The predicted molar refractivity (Wildman–Crippen MR) is 53.8 cm³/mol. The quantitative estimate of drug-likeness (QED) is 0.567. The number of nitrogens with two attached hydrogens (primary N) is 1. The molecule has 6 heteroatoms. The summed E-state index contributed by atoms with van der Waals surface area (Å²) in [6.07, 6.45) is 3.38. The van der Waals surface area contributed by atoms with Crippen LogP contribution < -0.4 is 11.1 Å². The number of rotatable bonds is 7. The summed E-state index contributed by atoms with van der Waals surface area (Å²) in [5, 5.41) is 3.07. The first-order chi connectivity index (χ1) is 7.29. The molecule has 0 aliphatic rings. The summed E-state index contributed by atoms with van der Waals surface area (Å²) in [4.78, 5) is 18.4. The zero-order valence-corrected chi connectivity index (χ0v) is 8.35. The molecule has 0 spiro atoms. The van der Waals surface area contributed by atoms with Crippen LogP contribution in [0.15, 0.2) is 18.5 Å². The van der Waals surface area contributed by atoms with Crippen LogP contribution in [0.4, 0.5) is 0 Å². The molecule has 1 aromatic heterocycles. The van der Waals surface area contributed by atoms with Gasteiger partial charge in [-0.2, -0.15) is 0 Å². The number of hydrogen-bond donors (Lipinski definition) is 2. The number of ether oxygens (including phenoxy) is 1. The van der Waals surface area contributed by atoms with Crippen LogP contribution >= 0.6 is 0 Å². The van der Waals surface area contributed by atoms with E-state index in [1.807, 2.05) is 0 Å². The average Bonchev–Trinajstić information content (AvgIpc) is 2.24. The summed E-state index contributed by atoms with van der Waals surface area (Å²) in [7, 11) is 0. The van der Waals surface area contributed by atoms with E-state index in [1.165, 1.54) is 0 Å². The molecule has 0 aliphatic heterocycles. The van der Waals surface area contributed by atoms with Gasteiger partial charge in [0.15, 0.2) is 0 Å². The van der Waals surface area contributed by atoms with Crippen molar-refractivity contribution in [3.05, 3.63) is 24.3 Å². The molecule has 0 aliphatic carbocycles. The van der Waals surface area contributed by atoms with E-state index in [0.717, 1.165) is 5.82 Å². The maximum Gasteiger partial charge on any atom is 0.243 e. The van der Waals surface area contributed by atoms with Crippen molar-refractivity contribution >= 4 is 5.91 Å². The molecule has 3 N–H and O–H groups in total. The van der Waals surface area contributed by atoms with Gasteiger partial charge in [0.25, 0.3) is 0 Å². The topological polar surface area (TPSA) is 90.1 Å². The van der Waals surface area contributed by atoms with Gasteiger partial charge in [-0.3, -0.25) is 4.79 Å². The Labute approximate surface area is 87.9 Å². The van der Waals surface area contributed by atoms with E-state index in [-0.39, 0.29) is 6.61 Å². The number of hydrogen-bond acceptors (Lipinski definition) is 5. The Morgan fingerprint density at radius 3 is 2.87 bits per heavy atom. The maximum atomic E-state index is 10.3. The molecule has 0 atom stereocenters. The molecule has 6 nitrogen and oxygen atoms in total. The third-order valence-electron chi connectivity index (χ3n) is 1.57. The largest absolute Gasteiger partial charge is 0.370 e. The zero-order valence-electron chi connectivity index (χ0n) is 8.35. The Bertz CT molecular complexity index is 291. The Hall–Kier alpha value is -1.53. The predicted octanol–water partition coefficient (Wildman–Crippen LogP) is -0.932. The van der Waals surface area contributed by atoms with Crippen molar-refractivity contribution in [1.82, 2.24) is 15.3 Å². The number of nitrogens with zero attached hydrogens (tertiary/aromatic N) is 2. The highest BCUT2D eigenvalue weighted by atomic mass is 16.5. The fourth-order valence-corrected chi connectivity index (χ4v) is 0.939. The minimum Gasteiger partial charge on any atom is -0.370 e. The summed E-state index contributed by atoms with van der Waals surface area (Å²) in [6.45, 7) is 1.62. The van der Waals surface area contributed by atoms with Crippen molar-refractivity contribution in [2.75, 3.05) is 19.8 Å². The molecule has 0 radical (unpaired) electrons. The zero-order chi connectivity index (χ0) is 10.9. The number of nitrogens with one attached hydrogen (secondary N) is 1. The van der Waals surface area contributed by atoms with Gasteiger partial charge in [0.2, 0.25) is 5.91 Å². The Balaban J connectivity index is 2.00. The second-order valence-corrected chi connectivity index (χ2v) is 2.86. The van der Waals surface area contributed by atoms with Crippen LogP contribution in [0, 0.1) is 0 Å². The van der Waals surface area contributed by atoms with Gasteiger partial charge in [0, 0.05) is 18.9 Å². The molecule has 0 fully saturated rings. The first-order valence-corrected chi connectivity index (χ1v) is 4.61. The lowest BCUT2D eigenvalue weighted by Crippen LogP contribution is -2.24. The second-order valence-electron chi connectivity index (χ2n) is 2.86. The van der Waals surface area contributed by atoms with E-state index >= 15 is 0 Å². The third-order valence-corrected chi connectivity index (χ3v) is 1.57. The molecular formula is C9H14N4O2. The van der Waals surface area contributed by atoms with Crippen LogP contribution in [0.3, 0.4) is 0 Å². The standard InChI is InChI=1S/C9H14N4O2/c10-8(14)7-15-5-4-11-6-9-12-2-1-3-13-9/h1-3,11H,4-7H2,(H2,10,14). The van der Waals surface area contributed by atoms with Gasteiger partial charge >= 0.3 is 0 Å². The lowest BCUT2D eigenvalue weighted by atomic mass is 10.5. The fraction of sp³-hybridized carbons (Fsp3) is 0.444. The molecule has 1 amide bonds. The van der Waals surface area contributed by atoms with Crippen molar-refractivity contribution in [3.63, 3.8) is 0 Å². The van der Waals surface area contributed by atoms with Crippen LogP contribution in [0.2, 0.25) is 0 Å².